The number of hydrogen-bond acceptors (Lipinski definition) is 3. The standard InChI is InChI=1S/C20H21ClN2O2/c1-11-8-13(20(2,3)4)14(21)9-12(11)16-10-17(24)18-15(23-16)6-7-22-19(18)25-5/h6-10H,1-5H3,(H,23,24). The molecule has 0 fully saturated rings. The van der Waals surface area contributed by atoms with E-state index in [9.17, 15) is 4.79 Å². The molecule has 2 aromatic heterocycles. The molecule has 0 amide bonds. The quantitative estimate of drug-likeness (QED) is 0.713. The molecule has 0 spiro atoms. The van der Waals surface area contributed by atoms with E-state index in [2.05, 4.69) is 36.8 Å². The Balaban J connectivity index is 2.24. The number of hydrogen-bond donors (Lipinski definition) is 1. The second-order valence-electron chi connectivity index (χ2n) is 7.19. The van der Waals surface area contributed by atoms with Crippen LogP contribution in [0.5, 0.6) is 5.88 Å². The number of nitrogens with one attached hydrogen (secondary N) is 1. The average Bonchev–Trinajstić information content (AvgIpc) is 2.54. The molecular weight excluding hydrogens is 336 g/mol. The Bertz CT molecular complexity index is 1020. The maximum atomic E-state index is 12.6. The summed E-state index contributed by atoms with van der Waals surface area (Å²) in [6.45, 7) is 8.41. The van der Waals surface area contributed by atoms with Gasteiger partial charge >= 0.3 is 0 Å². The van der Waals surface area contributed by atoms with E-state index in [0.29, 0.717) is 21.8 Å². The summed E-state index contributed by atoms with van der Waals surface area (Å²) < 4.78 is 5.20. The van der Waals surface area contributed by atoms with Gasteiger partial charge in [0.25, 0.3) is 0 Å². The first-order valence-electron chi connectivity index (χ1n) is 8.09. The van der Waals surface area contributed by atoms with Crippen LogP contribution >= 0.6 is 11.6 Å². The van der Waals surface area contributed by atoms with Crippen molar-refractivity contribution < 1.29 is 4.74 Å². The Hall–Kier alpha value is -2.33. The lowest BCUT2D eigenvalue weighted by Crippen LogP contribution is -2.12. The van der Waals surface area contributed by atoms with Crippen LogP contribution in [-0.4, -0.2) is 17.1 Å². The number of aryl methyl sites for hydroxylation is 1. The first-order chi connectivity index (χ1) is 11.7. The van der Waals surface area contributed by atoms with Gasteiger partial charge in [0.05, 0.1) is 18.3 Å². The molecule has 1 aromatic carbocycles. The topological polar surface area (TPSA) is 55.0 Å². The molecule has 0 atom stereocenters. The molecule has 0 aliphatic rings. The zero-order chi connectivity index (χ0) is 18.4. The van der Waals surface area contributed by atoms with E-state index in [0.717, 1.165) is 22.4 Å². The third-order valence-electron chi connectivity index (χ3n) is 4.31. The summed E-state index contributed by atoms with van der Waals surface area (Å²) in [5, 5.41) is 1.14. The number of aromatic nitrogens is 2. The highest BCUT2D eigenvalue weighted by Gasteiger charge is 2.20. The van der Waals surface area contributed by atoms with Gasteiger partial charge in [0, 0.05) is 22.8 Å². The van der Waals surface area contributed by atoms with Gasteiger partial charge in [-0.3, -0.25) is 4.79 Å². The molecule has 3 rings (SSSR count). The van der Waals surface area contributed by atoms with Crippen LogP contribution in [0.3, 0.4) is 0 Å². The minimum absolute atomic E-state index is 0.0454. The smallest absolute Gasteiger partial charge is 0.226 e. The van der Waals surface area contributed by atoms with Crippen LogP contribution in [0.15, 0.2) is 35.3 Å². The van der Waals surface area contributed by atoms with Crippen molar-refractivity contribution in [1.82, 2.24) is 9.97 Å². The second-order valence-corrected chi connectivity index (χ2v) is 7.59. The summed E-state index contributed by atoms with van der Waals surface area (Å²) in [6, 6.07) is 7.35. The van der Waals surface area contributed by atoms with Crippen molar-refractivity contribution in [2.45, 2.75) is 33.1 Å². The van der Waals surface area contributed by atoms with E-state index in [-0.39, 0.29) is 10.8 Å². The zero-order valence-electron chi connectivity index (χ0n) is 15.0. The van der Waals surface area contributed by atoms with Crippen LogP contribution in [0.25, 0.3) is 22.2 Å². The lowest BCUT2D eigenvalue weighted by atomic mass is 9.85. The van der Waals surface area contributed by atoms with Gasteiger partial charge in [0.15, 0.2) is 5.43 Å². The highest BCUT2D eigenvalue weighted by molar-refractivity contribution is 6.31. The Morgan fingerprint density at radius 3 is 2.56 bits per heavy atom. The minimum atomic E-state index is -0.135. The molecule has 2 heterocycles. The predicted molar refractivity (Wildman–Crippen MR) is 103 cm³/mol. The number of ether oxygens (including phenoxy) is 1. The SMILES string of the molecule is COc1nccc2[nH]c(-c3cc(Cl)c(C(C)(C)C)cc3C)cc(=O)c12. The van der Waals surface area contributed by atoms with Gasteiger partial charge < -0.3 is 9.72 Å². The van der Waals surface area contributed by atoms with E-state index in [1.807, 2.05) is 13.0 Å². The summed E-state index contributed by atoms with van der Waals surface area (Å²) in [7, 11) is 1.50. The fourth-order valence-electron chi connectivity index (χ4n) is 3.02. The number of benzene rings is 1. The highest BCUT2D eigenvalue weighted by Crippen LogP contribution is 2.35. The Kier molecular flexibility index (Phi) is 4.33. The maximum absolute atomic E-state index is 12.6. The van der Waals surface area contributed by atoms with Crippen molar-refractivity contribution in [3.63, 3.8) is 0 Å². The molecule has 0 unspecified atom stereocenters. The Morgan fingerprint density at radius 1 is 1.20 bits per heavy atom. The second kappa shape index (κ2) is 6.19. The summed E-state index contributed by atoms with van der Waals surface area (Å²) >= 11 is 6.52. The van der Waals surface area contributed by atoms with E-state index >= 15 is 0 Å². The van der Waals surface area contributed by atoms with Crippen molar-refractivity contribution >= 4 is 22.5 Å². The summed E-state index contributed by atoms with van der Waals surface area (Å²) in [5.41, 5.74) is 4.29. The zero-order valence-corrected chi connectivity index (χ0v) is 15.8. The van der Waals surface area contributed by atoms with Crippen LogP contribution in [0, 0.1) is 6.92 Å². The number of methoxy groups -OCH3 is 1. The van der Waals surface area contributed by atoms with Crippen molar-refractivity contribution in [2.24, 2.45) is 0 Å². The van der Waals surface area contributed by atoms with E-state index < -0.39 is 0 Å². The summed E-state index contributed by atoms with van der Waals surface area (Å²) in [6.07, 6.45) is 1.61. The largest absolute Gasteiger partial charge is 0.480 e. The fourth-order valence-corrected chi connectivity index (χ4v) is 3.46. The molecule has 0 saturated carbocycles. The number of H-pyrrole nitrogens is 1. The number of halogens is 1. The van der Waals surface area contributed by atoms with Gasteiger partial charge in [-0.25, -0.2) is 4.98 Å². The Labute approximate surface area is 151 Å². The number of fused-ring (bicyclic) bond motifs is 1. The van der Waals surface area contributed by atoms with Gasteiger partial charge in [0.1, 0.15) is 5.39 Å². The first kappa shape index (κ1) is 17.5. The van der Waals surface area contributed by atoms with Crippen LogP contribution in [-0.2, 0) is 5.41 Å². The van der Waals surface area contributed by atoms with Gasteiger partial charge in [-0.05, 0) is 35.6 Å². The molecular formula is C20H21ClN2O2. The number of nitrogens with zero attached hydrogens (tertiary/aromatic N) is 1. The van der Waals surface area contributed by atoms with Crippen molar-refractivity contribution in [2.75, 3.05) is 7.11 Å². The predicted octanol–water partition coefficient (Wildman–Crippen LogP) is 4.86. The lowest BCUT2D eigenvalue weighted by Gasteiger charge is -2.22. The first-order valence-corrected chi connectivity index (χ1v) is 8.47. The lowest BCUT2D eigenvalue weighted by molar-refractivity contribution is 0.403. The van der Waals surface area contributed by atoms with Gasteiger partial charge in [-0.2, -0.15) is 0 Å². The molecule has 0 bridgehead atoms. The third-order valence-corrected chi connectivity index (χ3v) is 4.63. The monoisotopic (exact) mass is 356 g/mol. The molecule has 1 N–H and O–H groups in total. The van der Waals surface area contributed by atoms with Gasteiger partial charge in [-0.15, -0.1) is 0 Å². The van der Waals surface area contributed by atoms with Crippen molar-refractivity contribution in [1.29, 1.82) is 0 Å². The summed E-state index contributed by atoms with van der Waals surface area (Å²) in [4.78, 5) is 20.0. The van der Waals surface area contributed by atoms with Gasteiger partial charge in [0.2, 0.25) is 5.88 Å². The maximum Gasteiger partial charge on any atom is 0.226 e. The molecule has 0 saturated heterocycles. The Morgan fingerprint density at radius 2 is 1.92 bits per heavy atom. The third kappa shape index (κ3) is 3.14. The molecule has 25 heavy (non-hydrogen) atoms. The number of pyridine rings is 2. The molecule has 0 aliphatic carbocycles. The molecule has 5 heteroatoms. The molecule has 0 radical (unpaired) electrons. The van der Waals surface area contributed by atoms with Crippen LogP contribution in [0.2, 0.25) is 5.02 Å². The van der Waals surface area contributed by atoms with E-state index in [4.69, 9.17) is 16.3 Å². The molecule has 0 aliphatic heterocycles. The fraction of sp³-hybridized carbons (Fsp3) is 0.300. The average molecular weight is 357 g/mol. The molecule has 3 aromatic rings. The minimum Gasteiger partial charge on any atom is -0.480 e. The highest BCUT2D eigenvalue weighted by atomic mass is 35.5. The summed E-state index contributed by atoms with van der Waals surface area (Å²) in [5.74, 6) is 0.322. The molecule has 4 nitrogen and oxygen atoms in total. The van der Waals surface area contributed by atoms with Crippen molar-refractivity contribution in [3.05, 3.63) is 56.8 Å². The normalized spacial score (nSPS) is 11.8. The number of aromatic amines is 1. The van der Waals surface area contributed by atoms with Gasteiger partial charge in [-0.1, -0.05) is 38.4 Å². The van der Waals surface area contributed by atoms with Crippen LogP contribution in [0.1, 0.15) is 31.9 Å². The van der Waals surface area contributed by atoms with Crippen LogP contribution < -0.4 is 10.2 Å². The molecule has 130 valence electrons. The van der Waals surface area contributed by atoms with E-state index in [1.165, 1.54) is 7.11 Å². The number of rotatable bonds is 2. The van der Waals surface area contributed by atoms with Crippen molar-refractivity contribution in [3.8, 4) is 17.1 Å². The van der Waals surface area contributed by atoms with E-state index in [1.54, 1.807) is 18.3 Å². The van der Waals surface area contributed by atoms with Crippen LogP contribution in [0.4, 0.5) is 0 Å².